The fourth-order valence-corrected chi connectivity index (χ4v) is 10.4. The van der Waals surface area contributed by atoms with E-state index in [1.54, 1.807) is 0 Å². The van der Waals surface area contributed by atoms with Gasteiger partial charge in [-0.05, 0) is 103 Å². The van der Waals surface area contributed by atoms with Crippen molar-refractivity contribution in [3.8, 4) is 0 Å². The lowest BCUT2D eigenvalue weighted by atomic mass is 10.0. The van der Waals surface area contributed by atoms with Crippen LogP contribution in [0.2, 0.25) is 0 Å². The fraction of sp³-hybridized carbons (Fsp3) is 0.738. The summed E-state index contributed by atoms with van der Waals surface area (Å²) in [5, 5.41) is 11.8. The minimum Gasteiger partial charge on any atom is -0.545 e. The Balaban J connectivity index is 4.10. The summed E-state index contributed by atoms with van der Waals surface area (Å²) in [7, 11) is 5.91. The second-order valence-electron chi connectivity index (χ2n) is 25.9. The molecule has 512 valence electrons. The smallest absolute Gasteiger partial charge is 0.306 e. The molecule has 0 N–H and O–H groups in total. The van der Waals surface area contributed by atoms with Crippen LogP contribution in [0.3, 0.4) is 0 Å². The van der Waals surface area contributed by atoms with E-state index in [0.29, 0.717) is 17.4 Å². The van der Waals surface area contributed by atoms with Gasteiger partial charge in [-0.3, -0.25) is 9.59 Å². The monoisotopic (exact) mass is 1240 g/mol. The lowest BCUT2D eigenvalue weighted by molar-refractivity contribution is -0.870. The molecular weight excluding hydrogens is 1100 g/mol. The first-order valence-corrected chi connectivity index (χ1v) is 37.0. The summed E-state index contributed by atoms with van der Waals surface area (Å²) >= 11 is 0. The molecule has 0 aromatic heterocycles. The molecule has 0 rings (SSSR count). The summed E-state index contributed by atoms with van der Waals surface area (Å²) in [6, 6.07) is 0. The molecule has 0 saturated carbocycles. The van der Waals surface area contributed by atoms with Gasteiger partial charge in [0, 0.05) is 12.8 Å². The molecule has 9 nitrogen and oxygen atoms in total. The molecule has 89 heavy (non-hydrogen) atoms. The van der Waals surface area contributed by atoms with Gasteiger partial charge in [-0.15, -0.1) is 0 Å². The van der Waals surface area contributed by atoms with E-state index in [1.165, 1.54) is 205 Å². The van der Waals surface area contributed by atoms with E-state index in [2.05, 4.69) is 123 Å². The first-order valence-electron chi connectivity index (χ1n) is 37.0. The number of carboxylic acids is 1. The van der Waals surface area contributed by atoms with Crippen LogP contribution in [-0.2, 0) is 33.3 Å². The van der Waals surface area contributed by atoms with Gasteiger partial charge in [0.1, 0.15) is 13.2 Å². The molecule has 2 atom stereocenters. The molecule has 0 bridgehead atoms. The number of esters is 2. The summed E-state index contributed by atoms with van der Waals surface area (Å²) in [6.07, 6.45) is 94.9. The molecular formula is C80H139NO8. The van der Waals surface area contributed by atoms with Crippen LogP contribution < -0.4 is 5.11 Å². The van der Waals surface area contributed by atoms with Crippen molar-refractivity contribution in [2.75, 3.05) is 47.5 Å². The van der Waals surface area contributed by atoms with Crippen LogP contribution in [-0.4, -0.2) is 82.3 Å². The lowest BCUT2D eigenvalue weighted by Crippen LogP contribution is -2.44. The molecule has 0 heterocycles. The second-order valence-corrected chi connectivity index (χ2v) is 25.9. The SMILES string of the molecule is CC/C=C\C/C=C\C/C=C\C/C=C\C/C=C\C/C=C\C/C=C\C/C=C\CCCCC(=O)OC(COC(=O)CCCCCCCCCCCCCCCCCCCCCCCCCCC/C=C\CCCCCCCCCC)COC(OCC[N+](C)(C)C)C(=O)[O-]. The number of carbonyl (C=O) groups is 3. The van der Waals surface area contributed by atoms with Crippen LogP contribution in [0.25, 0.3) is 0 Å². The zero-order chi connectivity index (χ0) is 64.7. The molecule has 2 unspecified atom stereocenters. The zero-order valence-corrected chi connectivity index (χ0v) is 58.5. The van der Waals surface area contributed by atoms with Gasteiger partial charge in [-0.25, -0.2) is 0 Å². The molecule has 0 aromatic carbocycles. The van der Waals surface area contributed by atoms with Gasteiger partial charge >= 0.3 is 11.9 Å². The molecule has 9 heteroatoms. The number of likely N-dealkylation sites (N-methyl/N-ethyl adjacent to an activating group) is 1. The van der Waals surface area contributed by atoms with E-state index in [0.717, 1.165) is 83.5 Å². The lowest BCUT2D eigenvalue weighted by Gasteiger charge is -2.26. The van der Waals surface area contributed by atoms with E-state index < -0.39 is 24.3 Å². The predicted octanol–water partition coefficient (Wildman–Crippen LogP) is 22.0. The number of hydrogen-bond acceptors (Lipinski definition) is 8. The number of hydrogen-bond donors (Lipinski definition) is 0. The molecule has 0 amide bonds. The van der Waals surface area contributed by atoms with E-state index in [1.807, 2.05) is 21.1 Å². The summed E-state index contributed by atoms with van der Waals surface area (Å²) in [4.78, 5) is 37.5. The highest BCUT2D eigenvalue weighted by Gasteiger charge is 2.22. The van der Waals surface area contributed by atoms with Gasteiger partial charge in [0.2, 0.25) is 0 Å². The number of carboxylic acid groups (broad SMARTS) is 1. The van der Waals surface area contributed by atoms with Crippen molar-refractivity contribution in [1.82, 2.24) is 0 Å². The number of ether oxygens (including phenoxy) is 4. The summed E-state index contributed by atoms with van der Waals surface area (Å²) < 4.78 is 22.7. The number of unbranched alkanes of at least 4 members (excludes halogenated alkanes) is 35. The Labute approximate surface area is 549 Å². The number of quaternary nitrogens is 1. The highest BCUT2D eigenvalue weighted by Crippen LogP contribution is 2.18. The largest absolute Gasteiger partial charge is 0.545 e. The second kappa shape index (κ2) is 69.8. The molecule has 0 saturated heterocycles. The van der Waals surface area contributed by atoms with Crippen LogP contribution >= 0.6 is 0 Å². The third-order valence-corrected chi connectivity index (χ3v) is 16.0. The minimum atomic E-state index is -1.64. The number of aliphatic carboxylic acids is 1. The van der Waals surface area contributed by atoms with Gasteiger partial charge in [-0.1, -0.05) is 316 Å². The number of allylic oxidation sites excluding steroid dienone is 18. The first-order chi connectivity index (χ1) is 43.6. The van der Waals surface area contributed by atoms with Gasteiger partial charge in [0.25, 0.3) is 0 Å². The summed E-state index contributed by atoms with van der Waals surface area (Å²) in [5.74, 6) is -2.34. The summed E-state index contributed by atoms with van der Waals surface area (Å²) in [6.45, 7) is 4.61. The molecule has 0 aliphatic heterocycles. The normalized spacial score (nSPS) is 13.3. The number of nitrogens with zero attached hydrogens (tertiary/aromatic N) is 1. The molecule has 0 aliphatic rings. The Morgan fingerprint density at radius 2 is 0.640 bits per heavy atom. The maximum atomic E-state index is 12.9. The average molecular weight is 1240 g/mol. The third-order valence-electron chi connectivity index (χ3n) is 16.0. The molecule has 0 spiro atoms. The number of rotatable bonds is 68. The first kappa shape index (κ1) is 85.0. The van der Waals surface area contributed by atoms with E-state index in [4.69, 9.17) is 18.9 Å². The van der Waals surface area contributed by atoms with Crippen molar-refractivity contribution in [2.24, 2.45) is 0 Å². The quantitative estimate of drug-likeness (QED) is 0.0195. The van der Waals surface area contributed by atoms with Crippen molar-refractivity contribution in [2.45, 2.75) is 334 Å². The van der Waals surface area contributed by atoms with Gasteiger partial charge < -0.3 is 33.3 Å². The Bertz CT molecular complexity index is 1830. The van der Waals surface area contributed by atoms with Crippen molar-refractivity contribution >= 4 is 17.9 Å². The van der Waals surface area contributed by atoms with E-state index >= 15 is 0 Å². The fourth-order valence-electron chi connectivity index (χ4n) is 10.4. The summed E-state index contributed by atoms with van der Waals surface area (Å²) in [5.41, 5.74) is 0. The van der Waals surface area contributed by atoms with Crippen LogP contribution in [0.1, 0.15) is 322 Å². The van der Waals surface area contributed by atoms with Crippen molar-refractivity contribution in [1.29, 1.82) is 0 Å². The van der Waals surface area contributed by atoms with Crippen molar-refractivity contribution < 1.29 is 42.9 Å². The predicted molar refractivity (Wildman–Crippen MR) is 380 cm³/mol. The Morgan fingerprint density at radius 3 is 0.989 bits per heavy atom. The standard InChI is InChI=1S/C80H139NO8/c1-6-8-10-12-14-16-18-20-22-24-26-28-30-32-34-35-36-37-38-39-40-41-42-43-45-46-48-50-52-54-56-58-60-62-64-66-68-70-77(82)87-74-76(75-88-80(79(84)85)86-73-72-81(3,4)5)89-78(83)71-69-67-65-63-61-59-57-55-53-51-49-47-44-33-31-29-27-25-23-21-19-17-15-13-11-9-7-2/h9,11,15,17,21,23-24,26-27,29,33,44,49,51,55,57,61,63,76,80H,6-8,10,12-14,16,18-20,22,25,28,30-32,34-43,45-48,50,52-54,56,58-60,62,64-75H2,1-5H3/b11-9-,17-15-,23-21-,26-24-,29-27-,44-33-,51-49-,57-55-,63-61-. The van der Waals surface area contributed by atoms with Gasteiger partial charge in [-0.2, -0.15) is 0 Å². The van der Waals surface area contributed by atoms with E-state index in [9.17, 15) is 19.5 Å². The minimum absolute atomic E-state index is 0.135. The average Bonchev–Trinajstić information content (AvgIpc) is 3.64. The van der Waals surface area contributed by atoms with Gasteiger partial charge in [0.05, 0.1) is 40.3 Å². The van der Waals surface area contributed by atoms with Crippen LogP contribution in [0.4, 0.5) is 0 Å². The van der Waals surface area contributed by atoms with Crippen LogP contribution in [0, 0.1) is 0 Å². The number of carbonyl (C=O) groups excluding carboxylic acids is 3. The van der Waals surface area contributed by atoms with Crippen molar-refractivity contribution in [3.63, 3.8) is 0 Å². The molecule has 0 radical (unpaired) electrons. The molecule has 0 fully saturated rings. The van der Waals surface area contributed by atoms with E-state index in [-0.39, 0.29) is 38.6 Å². The highest BCUT2D eigenvalue weighted by molar-refractivity contribution is 5.70. The highest BCUT2D eigenvalue weighted by atomic mass is 16.7. The molecule has 0 aromatic rings. The zero-order valence-electron chi connectivity index (χ0n) is 58.5. The Hall–Kier alpha value is -4.05. The Morgan fingerprint density at radius 1 is 0.348 bits per heavy atom. The van der Waals surface area contributed by atoms with Crippen molar-refractivity contribution in [3.05, 3.63) is 109 Å². The molecule has 0 aliphatic carbocycles. The van der Waals surface area contributed by atoms with Crippen LogP contribution in [0.15, 0.2) is 109 Å². The Kier molecular flexibility index (Phi) is 66.7. The van der Waals surface area contributed by atoms with Crippen LogP contribution in [0.5, 0.6) is 0 Å². The third kappa shape index (κ3) is 71.3. The van der Waals surface area contributed by atoms with Gasteiger partial charge in [0.15, 0.2) is 12.4 Å². The maximum absolute atomic E-state index is 12.9. The maximum Gasteiger partial charge on any atom is 0.306 e. The topological polar surface area (TPSA) is 111 Å².